The number of carbonyl (C=O) groups is 2. The van der Waals surface area contributed by atoms with Gasteiger partial charge in [-0.05, 0) is 48.1 Å². The second-order valence-corrected chi connectivity index (χ2v) is 14.5. The van der Waals surface area contributed by atoms with Gasteiger partial charge in [-0.1, -0.05) is 87.4 Å². The number of halogens is 2. The lowest BCUT2D eigenvalue weighted by atomic mass is 9.99. The van der Waals surface area contributed by atoms with Crippen LogP contribution in [0.4, 0.5) is 13.6 Å². The van der Waals surface area contributed by atoms with Crippen LogP contribution >= 0.6 is 0 Å². The maximum atomic E-state index is 14.1. The molecule has 4 N–H and O–H groups in total. The molecule has 0 aliphatic carbocycles. The van der Waals surface area contributed by atoms with Crippen LogP contribution < -0.4 is 10.6 Å². The number of ether oxygens (including phenoxy) is 1. The smallest absolute Gasteiger partial charge is 0.433 e. The lowest BCUT2D eigenvalue weighted by Crippen LogP contribution is -2.52. The summed E-state index contributed by atoms with van der Waals surface area (Å²) in [6.45, 7) is 3.16. The third kappa shape index (κ3) is 13.3. The number of hydrogen-bond donors (Lipinski definition) is 4. The van der Waals surface area contributed by atoms with Crippen LogP contribution in [0.15, 0.2) is 83.9 Å². The number of rotatable bonds is 20. The average molecular weight is 716 g/mol. The van der Waals surface area contributed by atoms with E-state index in [9.17, 15) is 37.0 Å². The molecule has 0 bridgehead atoms. The number of sulfone groups is 1. The highest BCUT2D eigenvalue weighted by Gasteiger charge is 2.33. The summed E-state index contributed by atoms with van der Waals surface area (Å²) in [7, 11) is -3.88. The molecular formula is C37H47F2N3O7S. The zero-order valence-electron chi connectivity index (χ0n) is 28.4. The maximum absolute atomic E-state index is 14.1. The zero-order valence-corrected chi connectivity index (χ0v) is 29.2. The van der Waals surface area contributed by atoms with Crippen molar-refractivity contribution in [1.82, 2.24) is 10.6 Å². The number of nitrogens with zero attached hydrogens (tertiary/aromatic N) is 1. The van der Waals surface area contributed by atoms with Gasteiger partial charge in [-0.15, -0.1) is 0 Å². The first-order valence-corrected chi connectivity index (χ1v) is 18.5. The molecule has 13 heteroatoms. The van der Waals surface area contributed by atoms with Gasteiger partial charge >= 0.3 is 6.09 Å². The zero-order chi connectivity index (χ0) is 36.5. The van der Waals surface area contributed by atoms with Crippen molar-refractivity contribution >= 4 is 28.1 Å². The molecule has 0 radical (unpaired) electrons. The minimum absolute atomic E-state index is 0.0927. The molecular weight excluding hydrogens is 668 g/mol. The van der Waals surface area contributed by atoms with Gasteiger partial charge < -0.3 is 25.6 Å². The predicted octanol–water partition coefficient (Wildman–Crippen LogP) is 5.08. The molecule has 50 heavy (non-hydrogen) atoms. The molecule has 0 saturated heterocycles. The Hall–Kier alpha value is -4.04. The topological polar surface area (TPSA) is 154 Å². The monoisotopic (exact) mass is 715 g/mol. The van der Waals surface area contributed by atoms with E-state index in [1.165, 1.54) is 0 Å². The predicted molar refractivity (Wildman–Crippen MR) is 188 cm³/mol. The van der Waals surface area contributed by atoms with Gasteiger partial charge in [-0.2, -0.15) is 4.99 Å². The Labute approximate surface area is 292 Å². The lowest BCUT2D eigenvalue weighted by molar-refractivity contribution is -0.124. The van der Waals surface area contributed by atoms with E-state index in [1.54, 1.807) is 54.6 Å². The highest BCUT2D eigenvalue weighted by molar-refractivity contribution is 7.92. The number of amides is 2. The normalized spacial score (nSPS) is 14.3. The number of aliphatic imine (C=N–C) groups is 1. The minimum Gasteiger partial charge on any atom is -0.443 e. The van der Waals surface area contributed by atoms with Crippen molar-refractivity contribution < 1.29 is 41.7 Å². The highest BCUT2D eigenvalue weighted by atomic mass is 32.2. The van der Waals surface area contributed by atoms with Crippen LogP contribution in [-0.2, 0) is 32.4 Å². The number of aliphatic hydroxyl groups is 2. The van der Waals surface area contributed by atoms with Crippen molar-refractivity contribution in [3.05, 3.63) is 107 Å². The Morgan fingerprint density at radius 2 is 1.52 bits per heavy atom. The average Bonchev–Trinajstić information content (AvgIpc) is 3.09. The molecule has 0 aromatic heterocycles. The standard InChI is InChI=1S/C37H47F2N3O7S/c1-3-11-32(12-4-2)50(47,48)25-29(21-41-37(46)49-24-26-13-7-5-8-14-26)36(45)42-33(19-27-17-30(38)20-31(39)18-27)35(44)22-40-34(23-43)28-15-9-6-10-16-28/h5-10,13-18,20-21,29,32-35,40,43-44H,3-4,11-12,19,22-25H2,1-2H3,(H,42,45)/t29?,33-,34-,35+/m0/s1. The van der Waals surface area contributed by atoms with Gasteiger partial charge in [0, 0.05) is 18.8 Å². The number of carbonyl (C=O) groups excluding carboxylic acids is 2. The van der Waals surface area contributed by atoms with Gasteiger partial charge in [-0.3, -0.25) is 4.79 Å². The quantitative estimate of drug-likeness (QED) is 0.118. The van der Waals surface area contributed by atoms with Gasteiger partial charge in [0.15, 0.2) is 9.84 Å². The van der Waals surface area contributed by atoms with Crippen LogP contribution in [0.5, 0.6) is 0 Å². The third-order valence-electron chi connectivity index (χ3n) is 8.17. The molecule has 4 atom stereocenters. The Morgan fingerprint density at radius 3 is 2.10 bits per heavy atom. The second-order valence-electron chi connectivity index (χ2n) is 12.2. The summed E-state index contributed by atoms with van der Waals surface area (Å²) in [4.78, 5) is 30.2. The molecule has 2 amide bonds. The van der Waals surface area contributed by atoms with Crippen molar-refractivity contribution in [3.8, 4) is 0 Å². The summed E-state index contributed by atoms with van der Waals surface area (Å²) < 4.78 is 60.6. The highest BCUT2D eigenvalue weighted by Crippen LogP contribution is 2.20. The molecule has 0 aliphatic rings. The first-order valence-electron chi connectivity index (χ1n) is 16.7. The van der Waals surface area contributed by atoms with E-state index in [-0.39, 0.29) is 31.7 Å². The van der Waals surface area contributed by atoms with Crippen LogP contribution in [0.2, 0.25) is 0 Å². The molecule has 0 aliphatic heterocycles. The minimum atomic E-state index is -3.88. The van der Waals surface area contributed by atoms with Crippen LogP contribution in [0.25, 0.3) is 0 Å². The molecule has 10 nitrogen and oxygen atoms in total. The first-order chi connectivity index (χ1) is 23.9. The largest absolute Gasteiger partial charge is 0.443 e. The number of benzene rings is 3. The fourth-order valence-electron chi connectivity index (χ4n) is 5.56. The fourth-order valence-corrected chi connectivity index (χ4v) is 7.76. The molecule has 0 heterocycles. The molecule has 0 saturated carbocycles. The number of aliphatic hydroxyl groups excluding tert-OH is 2. The number of nitrogens with one attached hydrogen (secondary N) is 2. The maximum Gasteiger partial charge on any atom is 0.433 e. The van der Waals surface area contributed by atoms with E-state index in [2.05, 4.69) is 15.6 Å². The summed E-state index contributed by atoms with van der Waals surface area (Å²) in [5, 5.41) is 26.3. The van der Waals surface area contributed by atoms with Crippen molar-refractivity contribution in [2.45, 2.75) is 76.0 Å². The van der Waals surface area contributed by atoms with Gasteiger partial charge in [0.2, 0.25) is 5.91 Å². The molecule has 0 spiro atoms. The van der Waals surface area contributed by atoms with Gasteiger partial charge in [0.25, 0.3) is 0 Å². The fraction of sp³-hybridized carbons (Fsp3) is 0.432. The Bertz CT molecular complexity index is 1600. The van der Waals surface area contributed by atoms with E-state index in [0.717, 1.165) is 23.9 Å². The second kappa shape index (κ2) is 20.6. The summed E-state index contributed by atoms with van der Waals surface area (Å²) in [6.07, 6.45) is 0.251. The summed E-state index contributed by atoms with van der Waals surface area (Å²) >= 11 is 0. The van der Waals surface area contributed by atoms with Gasteiger partial charge in [-0.25, -0.2) is 22.0 Å². The summed E-state index contributed by atoms with van der Waals surface area (Å²) in [5.74, 6) is -4.73. The van der Waals surface area contributed by atoms with Crippen LogP contribution in [-0.4, -0.2) is 73.1 Å². The molecule has 3 rings (SSSR count). The van der Waals surface area contributed by atoms with E-state index in [0.29, 0.717) is 37.3 Å². The van der Waals surface area contributed by atoms with E-state index < -0.39 is 68.6 Å². The summed E-state index contributed by atoms with van der Waals surface area (Å²) in [6, 6.07) is 18.9. The lowest BCUT2D eigenvalue weighted by Gasteiger charge is -2.28. The van der Waals surface area contributed by atoms with Crippen molar-refractivity contribution in [2.75, 3.05) is 18.9 Å². The number of hydrogen-bond acceptors (Lipinski definition) is 8. The SMILES string of the molecule is CCCC(CCC)S(=O)(=O)CC(C=NC(=O)OCc1ccccc1)C(=O)N[C@@H](Cc1cc(F)cc(F)c1)[C@H](O)CN[C@@H](CO)c1ccccc1. The molecule has 272 valence electrons. The van der Waals surface area contributed by atoms with Gasteiger partial charge in [0.05, 0.1) is 41.7 Å². The molecule has 1 unspecified atom stereocenters. The van der Waals surface area contributed by atoms with Crippen LogP contribution in [0, 0.1) is 17.6 Å². The van der Waals surface area contributed by atoms with E-state index in [4.69, 9.17) is 4.74 Å². The third-order valence-corrected chi connectivity index (χ3v) is 10.5. The van der Waals surface area contributed by atoms with Crippen molar-refractivity contribution in [2.24, 2.45) is 10.9 Å². The molecule has 0 fully saturated rings. The Balaban J connectivity index is 1.88. The van der Waals surface area contributed by atoms with E-state index in [1.807, 2.05) is 19.9 Å². The molecule has 3 aromatic rings. The van der Waals surface area contributed by atoms with Crippen LogP contribution in [0.3, 0.4) is 0 Å². The van der Waals surface area contributed by atoms with Crippen molar-refractivity contribution in [1.29, 1.82) is 0 Å². The summed E-state index contributed by atoms with van der Waals surface area (Å²) in [5.41, 5.74) is 1.57. The van der Waals surface area contributed by atoms with Crippen molar-refractivity contribution in [3.63, 3.8) is 0 Å². The van der Waals surface area contributed by atoms with Gasteiger partial charge in [0.1, 0.15) is 18.2 Å². The Morgan fingerprint density at radius 1 is 0.920 bits per heavy atom. The van der Waals surface area contributed by atoms with E-state index >= 15 is 0 Å². The van der Waals surface area contributed by atoms with Crippen LogP contribution in [0.1, 0.15) is 62.3 Å². The first kappa shape index (κ1) is 40.4. The molecule has 3 aromatic carbocycles. The Kier molecular flexibility index (Phi) is 16.6.